The average Bonchev–Trinajstić information content (AvgIpc) is 3.33. The molecular weight excluding hydrogens is 410 g/mol. The van der Waals surface area contributed by atoms with Gasteiger partial charge in [0.1, 0.15) is 6.04 Å². The molecule has 3 aliphatic rings. The number of benzene rings is 1. The number of hydrogen-bond donors (Lipinski definition) is 3. The van der Waals surface area contributed by atoms with Gasteiger partial charge in [0, 0.05) is 44.6 Å². The monoisotopic (exact) mass is 437 g/mol. The number of imide groups is 1. The number of nitrogens with one attached hydrogen (secondary N) is 3. The van der Waals surface area contributed by atoms with E-state index >= 15 is 0 Å². The zero-order valence-corrected chi connectivity index (χ0v) is 18.1. The van der Waals surface area contributed by atoms with Gasteiger partial charge in [-0.25, -0.2) is 4.68 Å². The van der Waals surface area contributed by atoms with Crippen LogP contribution in [0.25, 0.3) is 0 Å². The predicted molar refractivity (Wildman–Crippen MR) is 116 cm³/mol. The normalized spacial score (nSPS) is 23.3. The van der Waals surface area contributed by atoms with Crippen molar-refractivity contribution in [2.45, 2.75) is 50.7 Å². The second-order valence-corrected chi connectivity index (χ2v) is 8.67. The minimum atomic E-state index is -0.612. The first-order valence-corrected chi connectivity index (χ1v) is 11.1. The highest BCUT2D eigenvalue weighted by atomic mass is 16.2. The van der Waals surface area contributed by atoms with E-state index in [2.05, 4.69) is 26.0 Å². The molecule has 2 fully saturated rings. The van der Waals surface area contributed by atoms with Crippen molar-refractivity contribution >= 4 is 23.7 Å². The smallest absolute Gasteiger partial charge is 0.255 e. The molecule has 3 amide bonds. The quantitative estimate of drug-likeness (QED) is 0.588. The summed E-state index contributed by atoms with van der Waals surface area (Å²) in [6.45, 7) is 2.72. The Kier molecular flexibility index (Phi) is 5.38. The lowest BCUT2D eigenvalue weighted by Crippen LogP contribution is -2.52. The fraction of sp³-hybridized carbons (Fsp3) is 0.500. The Bertz CT molecular complexity index is 1070. The molecule has 10 heteroatoms. The van der Waals surface area contributed by atoms with Crippen LogP contribution in [0.1, 0.15) is 58.9 Å². The van der Waals surface area contributed by atoms with Crippen molar-refractivity contribution in [1.29, 1.82) is 0 Å². The number of carbonyl (C=O) groups is 3. The van der Waals surface area contributed by atoms with E-state index in [1.54, 1.807) is 9.58 Å². The van der Waals surface area contributed by atoms with Crippen molar-refractivity contribution in [3.05, 3.63) is 40.7 Å². The highest BCUT2D eigenvalue weighted by Crippen LogP contribution is 2.30. The largest absolute Gasteiger partial charge is 0.350 e. The molecule has 2 unspecified atom stereocenters. The number of aryl methyl sites for hydroxylation is 1. The fourth-order valence-corrected chi connectivity index (χ4v) is 4.81. The highest BCUT2D eigenvalue weighted by Gasteiger charge is 2.39. The zero-order chi connectivity index (χ0) is 22.2. The Morgan fingerprint density at radius 3 is 2.88 bits per heavy atom. The van der Waals surface area contributed by atoms with Gasteiger partial charge in [0.15, 0.2) is 5.82 Å². The molecular formula is C22H27N7O3. The Balaban J connectivity index is 1.31. The Hall–Kier alpha value is -3.27. The van der Waals surface area contributed by atoms with Gasteiger partial charge >= 0.3 is 0 Å². The number of hydrogen-bond acceptors (Lipinski definition) is 7. The summed E-state index contributed by atoms with van der Waals surface area (Å²) < 4.78 is 1.74. The summed E-state index contributed by atoms with van der Waals surface area (Å²) in [5, 5.41) is 13.6. The van der Waals surface area contributed by atoms with E-state index in [-0.39, 0.29) is 18.2 Å². The van der Waals surface area contributed by atoms with Gasteiger partial charge in [-0.1, -0.05) is 18.2 Å². The van der Waals surface area contributed by atoms with Gasteiger partial charge in [-0.2, -0.15) is 10.1 Å². The van der Waals surface area contributed by atoms with Crippen LogP contribution in [-0.2, 0) is 29.7 Å². The van der Waals surface area contributed by atoms with Crippen molar-refractivity contribution in [1.82, 2.24) is 30.3 Å². The first-order valence-electron chi connectivity index (χ1n) is 11.1. The van der Waals surface area contributed by atoms with Crippen molar-refractivity contribution in [2.24, 2.45) is 7.05 Å². The zero-order valence-electron chi connectivity index (χ0n) is 18.1. The number of carbonyl (C=O) groups excluding carboxylic acids is 3. The van der Waals surface area contributed by atoms with Crippen LogP contribution in [0.4, 0.5) is 5.95 Å². The van der Waals surface area contributed by atoms with Crippen LogP contribution < -0.4 is 16.0 Å². The molecule has 0 spiro atoms. The van der Waals surface area contributed by atoms with Crippen molar-refractivity contribution in [2.75, 3.05) is 18.4 Å². The van der Waals surface area contributed by atoms with Gasteiger partial charge in [0.05, 0.1) is 0 Å². The summed E-state index contributed by atoms with van der Waals surface area (Å²) in [5.41, 5.74) is 2.38. The maximum atomic E-state index is 13.2. The van der Waals surface area contributed by atoms with Crippen LogP contribution in [0, 0.1) is 0 Å². The van der Waals surface area contributed by atoms with E-state index in [1.807, 2.05) is 25.2 Å². The van der Waals surface area contributed by atoms with Crippen LogP contribution in [-0.4, -0.2) is 56.5 Å². The third-order valence-corrected chi connectivity index (χ3v) is 6.52. The lowest BCUT2D eigenvalue weighted by molar-refractivity contribution is -0.136. The molecule has 1 aromatic heterocycles. The first kappa shape index (κ1) is 20.6. The van der Waals surface area contributed by atoms with Crippen LogP contribution in [0.2, 0.25) is 0 Å². The molecule has 168 valence electrons. The summed E-state index contributed by atoms with van der Waals surface area (Å²) in [4.78, 5) is 43.3. The van der Waals surface area contributed by atoms with Crippen molar-refractivity contribution in [3.8, 4) is 0 Å². The molecule has 4 heterocycles. The number of aromatic nitrogens is 3. The highest BCUT2D eigenvalue weighted by molar-refractivity contribution is 6.06. The van der Waals surface area contributed by atoms with E-state index in [1.165, 1.54) is 0 Å². The summed E-state index contributed by atoms with van der Waals surface area (Å²) in [6, 6.07) is 5.14. The van der Waals surface area contributed by atoms with Crippen LogP contribution in [0.3, 0.4) is 0 Å². The standard InChI is InChI=1S/C22H27N7O3/c1-28-22(26-19(27-28)14-6-3-9-23-10-14)24-11-13-4-2-5-15-12-29(21(32)18(13)15)16-7-8-17(30)25-20(16)31/h2,4-5,14,16,23H,3,6-12H2,1H3,(H,24,26,27)(H,25,30,31). The summed E-state index contributed by atoms with van der Waals surface area (Å²) in [7, 11) is 1.86. The molecule has 1 aromatic carbocycles. The van der Waals surface area contributed by atoms with E-state index < -0.39 is 11.9 Å². The number of piperidine rings is 2. The molecule has 0 aliphatic carbocycles. The molecule has 3 aliphatic heterocycles. The lowest BCUT2D eigenvalue weighted by atomic mass is 9.99. The number of anilines is 1. The van der Waals surface area contributed by atoms with Gasteiger partial charge in [-0.3, -0.25) is 19.7 Å². The molecule has 0 saturated carbocycles. The molecule has 2 aromatic rings. The van der Waals surface area contributed by atoms with Gasteiger partial charge < -0.3 is 15.5 Å². The van der Waals surface area contributed by atoms with E-state index in [4.69, 9.17) is 0 Å². The lowest BCUT2D eigenvalue weighted by Gasteiger charge is -2.29. The Labute approximate surface area is 185 Å². The SMILES string of the molecule is Cn1nc(C2CCCNC2)nc1NCc1cccc2c1C(=O)N(C1CCC(=O)NC1=O)C2. The second kappa shape index (κ2) is 8.34. The Morgan fingerprint density at radius 2 is 2.09 bits per heavy atom. The molecule has 2 saturated heterocycles. The molecule has 0 bridgehead atoms. The summed E-state index contributed by atoms with van der Waals surface area (Å²) in [6.07, 6.45) is 2.80. The van der Waals surface area contributed by atoms with Crippen molar-refractivity contribution in [3.63, 3.8) is 0 Å². The number of rotatable bonds is 5. The minimum absolute atomic E-state index is 0.168. The van der Waals surface area contributed by atoms with E-state index in [0.717, 1.165) is 42.9 Å². The van der Waals surface area contributed by atoms with E-state index in [0.29, 0.717) is 36.9 Å². The average molecular weight is 438 g/mol. The molecule has 10 nitrogen and oxygen atoms in total. The fourth-order valence-electron chi connectivity index (χ4n) is 4.81. The van der Waals surface area contributed by atoms with Crippen LogP contribution in [0.5, 0.6) is 0 Å². The maximum absolute atomic E-state index is 13.2. The number of nitrogens with zero attached hydrogens (tertiary/aromatic N) is 4. The second-order valence-electron chi connectivity index (χ2n) is 8.67. The molecule has 3 N–H and O–H groups in total. The van der Waals surface area contributed by atoms with Gasteiger partial charge in [-0.05, 0) is 36.9 Å². The first-order chi connectivity index (χ1) is 15.5. The summed E-state index contributed by atoms with van der Waals surface area (Å²) in [5.74, 6) is 0.962. The maximum Gasteiger partial charge on any atom is 0.255 e. The Morgan fingerprint density at radius 1 is 1.22 bits per heavy atom. The third kappa shape index (κ3) is 3.75. The van der Waals surface area contributed by atoms with Crippen molar-refractivity contribution < 1.29 is 14.4 Å². The van der Waals surface area contributed by atoms with Gasteiger partial charge in [0.25, 0.3) is 5.91 Å². The third-order valence-electron chi connectivity index (χ3n) is 6.52. The number of fused-ring (bicyclic) bond motifs is 1. The van der Waals surface area contributed by atoms with Gasteiger partial charge in [0.2, 0.25) is 17.8 Å². The predicted octanol–water partition coefficient (Wildman–Crippen LogP) is 0.655. The molecule has 32 heavy (non-hydrogen) atoms. The van der Waals surface area contributed by atoms with Crippen LogP contribution in [0.15, 0.2) is 18.2 Å². The topological polar surface area (TPSA) is 121 Å². The molecule has 0 radical (unpaired) electrons. The minimum Gasteiger partial charge on any atom is -0.350 e. The summed E-state index contributed by atoms with van der Waals surface area (Å²) >= 11 is 0. The molecule has 2 atom stereocenters. The number of amides is 3. The van der Waals surface area contributed by atoms with E-state index in [9.17, 15) is 14.4 Å². The molecule has 5 rings (SSSR count). The van der Waals surface area contributed by atoms with Crippen LogP contribution >= 0.6 is 0 Å². The van der Waals surface area contributed by atoms with Gasteiger partial charge in [-0.15, -0.1) is 0 Å².